The fourth-order valence-electron chi connectivity index (χ4n) is 4.14. The Kier molecular flexibility index (Phi) is 6.00. The van der Waals surface area contributed by atoms with Crippen molar-refractivity contribution in [2.75, 3.05) is 0 Å². The van der Waals surface area contributed by atoms with Gasteiger partial charge < -0.3 is 4.57 Å². The number of hydrogen-bond acceptors (Lipinski definition) is 2. The van der Waals surface area contributed by atoms with Gasteiger partial charge in [0.15, 0.2) is 5.78 Å². The fraction of sp³-hybridized carbons (Fsp3) is 0.0323. The van der Waals surface area contributed by atoms with Gasteiger partial charge in [-0.1, -0.05) is 91.0 Å². The largest absolute Gasteiger partial charge is 0.309 e. The maximum absolute atomic E-state index is 11.8. The van der Waals surface area contributed by atoms with E-state index < -0.39 is 0 Å². The van der Waals surface area contributed by atoms with E-state index in [2.05, 4.69) is 83.4 Å². The monoisotopic (exact) mass is 440 g/mol. The minimum Gasteiger partial charge on any atom is -0.309 e. The van der Waals surface area contributed by atoms with Gasteiger partial charge in [-0.15, -0.1) is 0 Å². The molecular weight excluding hydrogens is 416 g/mol. The second kappa shape index (κ2) is 9.55. The predicted octanol–water partition coefficient (Wildman–Crippen LogP) is 7.76. The molecule has 0 N–H and O–H groups in total. The lowest BCUT2D eigenvalue weighted by molar-refractivity contribution is 0.101. The van der Waals surface area contributed by atoms with E-state index in [1.807, 2.05) is 48.7 Å². The van der Waals surface area contributed by atoms with Gasteiger partial charge in [-0.05, 0) is 48.4 Å². The number of ketones is 1. The van der Waals surface area contributed by atoms with E-state index in [9.17, 15) is 4.79 Å². The lowest BCUT2D eigenvalue weighted by Gasteiger charge is -2.15. The van der Waals surface area contributed by atoms with Crippen molar-refractivity contribution < 1.29 is 4.79 Å². The van der Waals surface area contributed by atoms with Gasteiger partial charge in [0.05, 0.1) is 17.1 Å². The summed E-state index contributed by atoms with van der Waals surface area (Å²) >= 11 is 0. The molecule has 5 aromatic rings. The number of aliphatic imine (C=N–C) groups is 1. The van der Waals surface area contributed by atoms with Crippen molar-refractivity contribution in [3.8, 4) is 28.2 Å². The smallest absolute Gasteiger partial charge is 0.159 e. The maximum atomic E-state index is 11.8. The molecule has 0 unspecified atom stereocenters. The Morgan fingerprint density at radius 1 is 0.706 bits per heavy atom. The molecule has 0 atom stereocenters. The van der Waals surface area contributed by atoms with E-state index in [4.69, 9.17) is 4.99 Å². The van der Waals surface area contributed by atoms with Gasteiger partial charge in [-0.2, -0.15) is 0 Å². The number of para-hydroxylation sites is 1. The molecule has 0 aliphatic rings. The van der Waals surface area contributed by atoms with Crippen molar-refractivity contribution in [3.63, 3.8) is 0 Å². The molecule has 1 aromatic heterocycles. The molecular formula is C31H24N2O. The third-order valence-electron chi connectivity index (χ3n) is 5.77. The topological polar surface area (TPSA) is 34.4 Å². The molecule has 0 amide bonds. The molecule has 0 bridgehead atoms. The van der Waals surface area contributed by atoms with Crippen molar-refractivity contribution in [1.82, 2.24) is 4.57 Å². The highest BCUT2D eigenvalue weighted by Gasteiger charge is 2.18. The minimum atomic E-state index is 0.0311. The van der Waals surface area contributed by atoms with Crippen LogP contribution in [0.15, 0.2) is 126 Å². The second-order valence-corrected chi connectivity index (χ2v) is 8.10. The average molecular weight is 441 g/mol. The number of hydrogen-bond donors (Lipinski definition) is 0. The van der Waals surface area contributed by atoms with Gasteiger partial charge in [-0.3, -0.25) is 9.79 Å². The molecule has 5 rings (SSSR count). The van der Waals surface area contributed by atoms with Crippen LogP contribution in [0.3, 0.4) is 0 Å². The van der Waals surface area contributed by atoms with Crippen LogP contribution in [0.1, 0.15) is 22.8 Å². The first kappa shape index (κ1) is 21.4. The van der Waals surface area contributed by atoms with Gasteiger partial charge in [0.2, 0.25) is 0 Å². The predicted molar refractivity (Wildman–Crippen MR) is 140 cm³/mol. The summed E-state index contributed by atoms with van der Waals surface area (Å²) in [6.07, 6.45) is 1.90. The summed E-state index contributed by atoms with van der Waals surface area (Å²) in [6, 6.07) is 40.8. The third-order valence-corrected chi connectivity index (χ3v) is 5.77. The number of nitrogens with zero attached hydrogens (tertiary/aromatic N) is 2. The Morgan fingerprint density at radius 3 is 1.97 bits per heavy atom. The Balaban J connectivity index is 1.74. The zero-order chi connectivity index (χ0) is 23.3. The Morgan fingerprint density at radius 2 is 1.32 bits per heavy atom. The molecule has 1 heterocycles. The Bertz CT molecular complexity index is 1450. The number of carbonyl (C=O) groups is 1. The molecule has 0 saturated carbocycles. The first-order valence-corrected chi connectivity index (χ1v) is 11.3. The summed E-state index contributed by atoms with van der Waals surface area (Å²) in [6.45, 7) is 1.57. The van der Waals surface area contributed by atoms with Crippen molar-refractivity contribution in [1.29, 1.82) is 0 Å². The molecule has 34 heavy (non-hydrogen) atoms. The molecule has 164 valence electrons. The van der Waals surface area contributed by atoms with Gasteiger partial charge in [0.25, 0.3) is 0 Å². The fourth-order valence-corrected chi connectivity index (χ4v) is 4.14. The van der Waals surface area contributed by atoms with Crippen LogP contribution in [0.4, 0.5) is 5.69 Å². The van der Waals surface area contributed by atoms with E-state index in [-0.39, 0.29) is 5.78 Å². The lowest BCUT2D eigenvalue weighted by atomic mass is 10.1. The van der Waals surface area contributed by atoms with E-state index in [0.717, 1.165) is 39.5 Å². The zero-order valence-corrected chi connectivity index (χ0v) is 18.9. The number of benzene rings is 4. The quantitative estimate of drug-likeness (QED) is 0.196. The van der Waals surface area contributed by atoms with E-state index >= 15 is 0 Å². The van der Waals surface area contributed by atoms with E-state index in [0.29, 0.717) is 5.56 Å². The van der Waals surface area contributed by atoms with E-state index in [1.54, 1.807) is 6.92 Å². The molecule has 0 fully saturated rings. The summed E-state index contributed by atoms with van der Waals surface area (Å²) in [5, 5.41) is 0. The summed E-state index contributed by atoms with van der Waals surface area (Å²) in [5.74, 6) is 0.0311. The van der Waals surface area contributed by atoms with Gasteiger partial charge in [0, 0.05) is 23.0 Å². The normalized spacial score (nSPS) is 11.1. The molecule has 0 spiro atoms. The van der Waals surface area contributed by atoms with Crippen molar-refractivity contribution in [2.45, 2.75) is 6.92 Å². The van der Waals surface area contributed by atoms with Gasteiger partial charge in [0.1, 0.15) is 0 Å². The number of Topliss-reactive ketones (excluding diaryl/α,β-unsaturated/α-hetero) is 1. The molecule has 4 aromatic carbocycles. The number of aromatic nitrogens is 1. The van der Waals surface area contributed by atoms with Crippen LogP contribution in [0.25, 0.3) is 28.2 Å². The third kappa shape index (κ3) is 4.37. The first-order chi connectivity index (χ1) is 16.7. The Labute approximate surface area is 199 Å². The van der Waals surface area contributed by atoms with Gasteiger partial charge in [-0.25, -0.2) is 0 Å². The summed E-state index contributed by atoms with van der Waals surface area (Å²) in [7, 11) is 0. The number of rotatable bonds is 6. The van der Waals surface area contributed by atoms with Crippen LogP contribution in [0.2, 0.25) is 0 Å². The molecule has 0 aliphatic heterocycles. The SMILES string of the molecule is CC(=O)c1cccc(N=Cc2cc(-c3ccccc3)n(-c3ccccc3)c2-c2ccccc2)c1. The zero-order valence-electron chi connectivity index (χ0n) is 18.9. The molecule has 0 aliphatic carbocycles. The van der Waals surface area contributed by atoms with Crippen molar-refractivity contribution in [2.24, 2.45) is 4.99 Å². The standard InChI is InChI=1S/C31H24N2O/c1-23(34)26-16-11-17-28(20-26)32-22-27-21-30(24-12-5-2-6-13-24)33(29-18-9-4-10-19-29)31(27)25-14-7-3-8-15-25/h2-22H,1H3. The highest BCUT2D eigenvalue weighted by molar-refractivity contribution is 5.96. The van der Waals surface area contributed by atoms with E-state index in [1.165, 1.54) is 0 Å². The summed E-state index contributed by atoms with van der Waals surface area (Å²) in [5.41, 5.74) is 7.88. The van der Waals surface area contributed by atoms with Crippen LogP contribution in [0.5, 0.6) is 0 Å². The number of carbonyl (C=O) groups excluding carboxylic acids is 1. The van der Waals surface area contributed by atoms with Crippen LogP contribution in [0, 0.1) is 0 Å². The summed E-state index contributed by atoms with van der Waals surface area (Å²) in [4.78, 5) is 16.6. The second-order valence-electron chi connectivity index (χ2n) is 8.10. The molecule has 0 saturated heterocycles. The lowest BCUT2D eigenvalue weighted by Crippen LogP contribution is -2.00. The van der Waals surface area contributed by atoms with Crippen molar-refractivity contribution in [3.05, 3.63) is 132 Å². The maximum Gasteiger partial charge on any atom is 0.159 e. The Hall–Kier alpha value is -4.50. The minimum absolute atomic E-state index is 0.0311. The van der Waals surface area contributed by atoms with Crippen molar-refractivity contribution >= 4 is 17.7 Å². The average Bonchev–Trinajstić information content (AvgIpc) is 3.29. The first-order valence-electron chi connectivity index (χ1n) is 11.3. The van der Waals surface area contributed by atoms with Crippen LogP contribution < -0.4 is 0 Å². The van der Waals surface area contributed by atoms with Crippen LogP contribution >= 0.6 is 0 Å². The molecule has 0 radical (unpaired) electrons. The molecule has 3 heteroatoms. The van der Waals surface area contributed by atoms with Crippen LogP contribution in [-0.2, 0) is 0 Å². The summed E-state index contributed by atoms with van der Waals surface area (Å²) < 4.78 is 2.29. The van der Waals surface area contributed by atoms with Crippen LogP contribution in [-0.4, -0.2) is 16.6 Å². The molecule has 3 nitrogen and oxygen atoms in total. The van der Waals surface area contributed by atoms with Gasteiger partial charge >= 0.3 is 0 Å². The highest BCUT2D eigenvalue weighted by atomic mass is 16.1. The highest BCUT2D eigenvalue weighted by Crippen LogP contribution is 2.35.